The van der Waals surface area contributed by atoms with Crippen LogP contribution in [0, 0.1) is 17.8 Å². The van der Waals surface area contributed by atoms with E-state index in [1.54, 1.807) is 13.1 Å². The largest absolute Gasteiger partial charge is 0.462 e. The number of allylic oxidation sites excluding steroid dienone is 1. The number of esters is 2. The van der Waals surface area contributed by atoms with Crippen molar-refractivity contribution in [1.29, 1.82) is 0 Å². The molecule has 1 rings (SSSR count). The number of carbonyl (C=O) groups is 2. The number of aliphatic hydroxyl groups is 1. The molecule has 0 heterocycles. The van der Waals surface area contributed by atoms with E-state index in [4.69, 9.17) is 20.3 Å². The number of carbonyl (C=O) groups excluding carboxylic acids is 2. The van der Waals surface area contributed by atoms with Crippen LogP contribution in [0.2, 0.25) is 0 Å². The molecule has 0 spiro atoms. The predicted octanol–water partition coefficient (Wildman–Crippen LogP) is 5.28. The highest BCUT2D eigenvalue weighted by molar-refractivity contribution is 5.88. The Morgan fingerprint density at radius 2 is 1.69 bits per heavy atom. The monoisotopic (exact) mass is 504 g/mol. The number of nitrogens with zero attached hydrogens (tertiary/aromatic N) is 1. The SMILES string of the molecule is C=C(C)C(=O)OCCC(CCN=C/C(=C\N)C1CCC(CCCCC)CC1)CCOC(=O)C(=C)CO. The van der Waals surface area contributed by atoms with Crippen molar-refractivity contribution in [2.75, 3.05) is 26.4 Å². The first-order valence-corrected chi connectivity index (χ1v) is 13.5. The zero-order valence-electron chi connectivity index (χ0n) is 22.5. The van der Waals surface area contributed by atoms with Gasteiger partial charge in [0.15, 0.2) is 0 Å². The number of nitrogens with two attached hydrogens (primary N) is 1. The molecule has 1 saturated carbocycles. The topological polar surface area (TPSA) is 111 Å². The summed E-state index contributed by atoms with van der Waals surface area (Å²) in [5, 5.41) is 9.00. The first-order valence-electron chi connectivity index (χ1n) is 13.5. The molecule has 0 saturated heterocycles. The van der Waals surface area contributed by atoms with Gasteiger partial charge in [-0.3, -0.25) is 4.99 Å². The molecule has 1 atom stereocenters. The summed E-state index contributed by atoms with van der Waals surface area (Å²) in [7, 11) is 0. The maximum atomic E-state index is 11.7. The van der Waals surface area contributed by atoms with Crippen molar-refractivity contribution in [3.05, 3.63) is 36.1 Å². The van der Waals surface area contributed by atoms with Gasteiger partial charge in [-0.1, -0.05) is 45.8 Å². The number of aliphatic hydroxyl groups excluding tert-OH is 1. The maximum absolute atomic E-state index is 11.7. The van der Waals surface area contributed by atoms with Crippen molar-refractivity contribution in [2.24, 2.45) is 28.5 Å². The summed E-state index contributed by atoms with van der Waals surface area (Å²) in [5.41, 5.74) is 7.46. The quantitative estimate of drug-likeness (QED) is 0.114. The average Bonchev–Trinajstić information content (AvgIpc) is 2.88. The molecule has 0 aromatic carbocycles. The van der Waals surface area contributed by atoms with Crippen LogP contribution >= 0.6 is 0 Å². The minimum absolute atomic E-state index is 0.0302. The van der Waals surface area contributed by atoms with Gasteiger partial charge in [0.2, 0.25) is 0 Å². The summed E-state index contributed by atoms with van der Waals surface area (Å²) in [4.78, 5) is 28.1. The summed E-state index contributed by atoms with van der Waals surface area (Å²) in [6.45, 7) is 11.6. The summed E-state index contributed by atoms with van der Waals surface area (Å²) < 4.78 is 10.4. The number of hydrogen-bond acceptors (Lipinski definition) is 7. The lowest BCUT2D eigenvalue weighted by Gasteiger charge is -2.29. The first-order chi connectivity index (χ1) is 17.3. The van der Waals surface area contributed by atoms with Gasteiger partial charge in [0, 0.05) is 18.3 Å². The normalized spacial score (nSPS) is 19.1. The highest BCUT2D eigenvalue weighted by atomic mass is 16.5. The Bertz CT molecular complexity index is 751. The van der Waals surface area contributed by atoms with Crippen LogP contribution in [-0.4, -0.2) is 49.6 Å². The van der Waals surface area contributed by atoms with Gasteiger partial charge >= 0.3 is 11.9 Å². The van der Waals surface area contributed by atoms with Crippen LogP contribution in [0.3, 0.4) is 0 Å². The van der Waals surface area contributed by atoms with Gasteiger partial charge in [-0.15, -0.1) is 0 Å². The lowest BCUT2D eigenvalue weighted by atomic mass is 9.77. The van der Waals surface area contributed by atoms with E-state index in [0.29, 0.717) is 30.9 Å². The molecule has 1 unspecified atom stereocenters. The molecule has 0 aliphatic heterocycles. The maximum Gasteiger partial charge on any atom is 0.335 e. The third kappa shape index (κ3) is 13.1. The minimum atomic E-state index is -0.596. The molecule has 0 radical (unpaired) electrons. The van der Waals surface area contributed by atoms with Gasteiger partial charge in [-0.2, -0.15) is 0 Å². The van der Waals surface area contributed by atoms with Crippen molar-refractivity contribution in [3.8, 4) is 0 Å². The molecule has 3 N–H and O–H groups in total. The molecule has 7 nitrogen and oxygen atoms in total. The standard InChI is InChI=1S/C29H48N2O5/c1-5-6-7-8-24-9-11-26(12-10-24)27(19-30)20-31-16-13-25(14-17-35-28(33)22(2)3)15-18-36-29(34)23(4)21-32/h19-20,24-26,32H,2,4-18,21,30H2,1,3H3/b27-19+,31-20?. The predicted molar refractivity (Wildman–Crippen MR) is 146 cm³/mol. The van der Waals surface area contributed by atoms with E-state index < -0.39 is 18.5 Å². The minimum Gasteiger partial charge on any atom is -0.462 e. The van der Waals surface area contributed by atoms with Crippen molar-refractivity contribution in [3.63, 3.8) is 0 Å². The van der Waals surface area contributed by atoms with E-state index in [-0.39, 0.29) is 24.7 Å². The van der Waals surface area contributed by atoms with Crippen molar-refractivity contribution < 1.29 is 24.2 Å². The molecule has 36 heavy (non-hydrogen) atoms. The zero-order chi connectivity index (χ0) is 26.8. The molecular formula is C29H48N2O5. The van der Waals surface area contributed by atoms with E-state index in [9.17, 15) is 9.59 Å². The summed E-state index contributed by atoms with van der Waals surface area (Å²) in [6.07, 6.45) is 15.8. The fourth-order valence-electron chi connectivity index (χ4n) is 4.54. The summed E-state index contributed by atoms with van der Waals surface area (Å²) in [6, 6.07) is 0. The molecule has 0 aromatic rings. The van der Waals surface area contributed by atoms with Crippen LogP contribution in [0.1, 0.15) is 84.5 Å². The molecule has 1 fully saturated rings. The van der Waals surface area contributed by atoms with Gasteiger partial charge in [-0.05, 0) is 81.4 Å². The molecule has 1 aliphatic rings. The summed E-state index contributed by atoms with van der Waals surface area (Å²) >= 11 is 0. The summed E-state index contributed by atoms with van der Waals surface area (Å²) in [5.74, 6) is 0.486. The third-order valence-electron chi connectivity index (χ3n) is 6.98. The van der Waals surface area contributed by atoms with Crippen LogP contribution < -0.4 is 5.73 Å². The molecular weight excluding hydrogens is 456 g/mol. The lowest BCUT2D eigenvalue weighted by Crippen LogP contribution is -2.18. The van der Waals surface area contributed by atoms with E-state index in [1.807, 2.05) is 6.21 Å². The van der Waals surface area contributed by atoms with Gasteiger partial charge in [0.25, 0.3) is 0 Å². The van der Waals surface area contributed by atoms with Crippen LogP contribution in [0.5, 0.6) is 0 Å². The average molecular weight is 505 g/mol. The fraction of sp³-hybridized carbons (Fsp3) is 0.690. The molecule has 204 valence electrons. The Hall–Kier alpha value is -2.41. The van der Waals surface area contributed by atoms with E-state index in [1.165, 1.54) is 51.4 Å². The van der Waals surface area contributed by atoms with Gasteiger partial charge < -0.3 is 20.3 Å². The highest BCUT2D eigenvalue weighted by Gasteiger charge is 2.23. The molecule has 7 heteroatoms. The number of rotatable bonds is 18. The molecule has 0 aromatic heterocycles. The van der Waals surface area contributed by atoms with E-state index >= 15 is 0 Å². The molecule has 0 amide bonds. The lowest BCUT2D eigenvalue weighted by molar-refractivity contribution is -0.139. The third-order valence-corrected chi connectivity index (χ3v) is 6.98. The van der Waals surface area contributed by atoms with E-state index in [2.05, 4.69) is 25.1 Å². The van der Waals surface area contributed by atoms with Gasteiger partial charge in [0.1, 0.15) is 0 Å². The van der Waals surface area contributed by atoms with Crippen LogP contribution in [0.25, 0.3) is 0 Å². The number of ether oxygens (including phenoxy) is 2. The number of unbranched alkanes of at least 4 members (excludes halogenated alkanes) is 2. The van der Waals surface area contributed by atoms with Crippen molar-refractivity contribution >= 4 is 18.2 Å². The Labute approximate surface area is 217 Å². The van der Waals surface area contributed by atoms with Gasteiger partial charge in [0.05, 0.1) is 25.4 Å². The zero-order valence-corrected chi connectivity index (χ0v) is 22.5. The van der Waals surface area contributed by atoms with E-state index in [0.717, 1.165) is 17.9 Å². The Morgan fingerprint density at radius 3 is 2.25 bits per heavy atom. The molecule has 0 bridgehead atoms. The Kier molecular flexibility index (Phi) is 16.5. The Morgan fingerprint density at radius 1 is 1.06 bits per heavy atom. The second kappa shape index (κ2) is 18.8. The van der Waals surface area contributed by atoms with Crippen LogP contribution in [0.4, 0.5) is 0 Å². The van der Waals surface area contributed by atoms with Crippen molar-refractivity contribution in [1.82, 2.24) is 0 Å². The highest BCUT2D eigenvalue weighted by Crippen LogP contribution is 2.35. The van der Waals surface area contributed by atoms with Crippen molar-refractivity contribution in [2.45, 2.75) is 84.5 Å². The second-order valence-corrected chi connectivity index (χ2v) is 9.96. The van der Waals surface area contributed by atoms with Crippen LogP contribution in [-0.2, 0) is 19.1 Å². The Balaban J connectivity index is 2.52. The number of aliphatic imine (C=N–C) groups is 1. The molecule has 1 aliphatic carbocycles. The van der Waals surface area contributed by atoms with Gasteiger partial charge in [-0.25, -0.2) is 9.59 Å². The first kappa shape index (κ1) is 31.6. The van der Waals surface area contributed by atoms with Crippen LogP contribution in [0.15, 0.2) is 41.1 Å². The fourth-order valence-corrected chi connectivity index (χ4v) is 4.54. The smallest absolute Gasteiger partial charge is 0.335 e. The second-order valence-electron chi connectivity index (χ2n) is 9.96. The number of hydrogen-bond donors (Lipinski definition) is 2.